The summed E-state index contributed by atoms with van der Waals surface area (Å²) in [5.74, 6) is -5.61. The van der Waals surface area contributed by atoms with Crippen molar-refractivity contribution in [2.75, 3.05) is 6.61 Å². The van der Waals surface area contributed by atoms with Gasteiger partial charge in [-0.25, -0.2) is 13.7 Å². The predicted octanol–water partition coefficient (Wildman–Crippen LogP) is 3.60. The van der Waals surface area contributed by atoms with Crippen LogP contribution in [0.1, 0.15) is 47.1 Å². The molecule has 5 nitrogen and oxygen atoms in total. The van der Waals surface area contributed by atoms with Crippen LogP contribution >= 0.6 is 0 Å². The highest BCUT2D eigenvalue weighted by molar-refractivity contribution is 7.84. The molecule has 0 amide bonds. The summed E-state index contributed by atoms with van der Waals surface area (Å²) >= 11 is 0. The van der Waals surface area contributed by atoms with Crippen molar-refractivity contribution in [2.24, 2.45) is 0 Å². The lowest BCUT2D eigenvalue weighted by Crippen LogP contribution is -2.63. The largest absolute Gasteiger partial charge is 0.462 e. The fraction of sp³-hybridized carbons (Fsp3) is 0.632. The fourth-order valence-corrected chi connectivity index (χ4v) is 3.21. The Morgan fingerprint density at radius 1 is 1.15 bits per heavy atom. The first-order valence-electron chi connectivity index (χ1n) is 8.73. The highest BCUT2D eigenvalue weighted by Crippen LogP contribution is 2.32. The molecule has 0 spiro atoms. The normalized spacial score (nSPS) is 15.3. The van der Waals surface area contributed by atoms with Crippen LogP contribution in [-0.4, -0.2) is 39.1 Å². The average Bonchev–Trinajstić information content (AvgIpc) is 2.57. The van der Waals surface area contributed by atoms with Crippen molar-refractivity contribution in [3.63, 3.8) is 0 Å². The monoisotopic (exact) mass is 405 g/mol. The first-order chi connectivity index (χ1) is 12.3. The maximum atomic E-state index is 14.9. The van der Waals surface area contributed by atoms with E-state index in [1.165, 1.54) is 20.8 Å². The van der Waals surface area contributed by atoms with E-state index in [-0.39, 0.29) is 13.2 Å². The highest BCUT2D eigenvalue weighted by Gasteiger charge is 2.57. The number of alkyl halides is 2. The van der Waals surface area contributed by atoms with Gasteiger partial charge in [0.05, 0.1) is 34.5 Å². The van der Waals surface area contributed by atoms with E-state index in [1.807, 2.05) is 18.2 Å². The van der Waals surface area contributed by atoms with Gasteiger partial charge in [0.15, 0.2) is 0 Å². The van der Waals surface area contributed by atoms with Crippen LogP contribution in [0.2, 0.25) is 0 Å². The molecule has 0 bridgehead atoms. The van der Waals surface area contributed by atoms with Crippen molar-refractivity contribution in [1.82, 2.24) is 4.72 Å². The Morgan fingerprint density at radius 2 is 1.70 bits per heavy atom. The molecule has 8 heteroatoms. The van der Waals surface area contributed by atoms with Crippen LogP contribution in [0.15, 0.2) is 30.3 Å². The molecule has 1 aromatic carbocycles. The van der Waals surface area contributed by atoms with E-state index in [2.05, 4.69) is 9.46 Å². The molecule has 0 heterocycles. The number of hydrogen-bond donors (Lipinski definition) is 1. The van der Waals surface area contributed by atoms with Crippen LogP contribution < -0.4 is 4.72 Å². The second kappa shape index (κ2) is 9.21. The smallest absolute Gasteiger partial charge is 0.378 e. The number of rotatable bonds is 9. The van der Waals surface area contributed by atoms with Crippen LogP contribution in [-0.2, 0) is 31.9 Å². The van der Waals surface area contributed by atoms with E-state index < -0.39 is 39.3 Å². The zero-order chi connectivity index (χ0) is 20.9. The molecule has 1 N–H and O–H groups in total. The van der Waals surface area contributed by atoms with Crippen LogP contribution in [0.3, 0.4) is 0 Å². The Bertz CT molecular complexity index is 645. The molecule has 1 rings (SSSR count). The summed E-state index contributed by atoms with van der Waals surface area (Å²) in [6.45, 7) is 9.12. The summed E-state index contributed by atoms with van der Waals surface area (Å²) in [6.07, 6.45) is 0. The Hall–Kier alpha value is -1.38. The molecule has 0 saturated heterocycles. The summed E-state index contributed by atoms with van der Waals surface area (Å²) in [7, 11) is -1.85. The van der Waals surface area contributed by atoms with Gasteiger partial charge in [0.1, 0.15) is 6.04 Å². The third kappa shape index (κ3) is 6.62. The van der Waals surface area contributed by atoms with Crippen molar-refractivity contribution in [1.29, 1.82) is 0 Å². The minimum absolute atomic E-state index is 0.0626. The number of ether oxygens (including phenoxy) is 2. The zero-order valence-corrected chi connectivity index (χ0v) is 17.5. The van der Waals surface area contributed by atoms with E-state index in [1.54, 1.807) is 32.9 Å². The minimum Gasteiger partial charge on any atom is -0.462 e. The van der Waals surface area contributed by atoms with E-state index in [9.17, 15) is 17.8 Å². The van der Waals surface area contributed by atoms with Crippen molar-refractivity contribution in [2.45, 2.75) is 70.5 Å². The van der Waals surface area contributed by atoms with Gasteiger partial charge in [-0.2, -0.15) is 8.78 Å². The van der Waals surface area contributed by atoms with Crippen LogP contribution in [0.4, 0.5) is 8.78 Å². The van der Waals surface area contributed by atoms with Gasteiger partial charge in [0.25, 0.3) is 0 Å². The van der Waals surface area contributed by atoms with Crippen molar-refractivity contribution >= 4 is 17.0 Å². The summed E-state index contributed by atoms with van der Waals surface area (Å²) in [5.41, 5.74) is -0.728. The number of hydrogen-bond acceptors (Lipinski definition) is 4. The van der Waals surface area contributed by atoms with Crippen molar-refractivity contribution in [3.05, 3.63) is 35.9 Å². The zero-order valence-electron chi connectivity index (χ0n) is 16.7. The van der Waals surface area contributed by atoms with Gasteiger partial charge in [-0.15, -0.1) is 0 Å². The standard InChI is InChI=1S/C19H29F2NO4S/c1-7-25-16(23)19(20,21)15(22-27(24)17(2,3)4)18(5,6)26-13-14-11-9-8-10-12-14/h8-12,15,22H,7,13H2,1-6H3. The van der Waals surface area contributed by atoms with Crippen LogP contribution in [0, 0.1) is 0 Å². The quantitative estimate of drug-likeness (QED) is 0.638. The number of halogens is 2. The second-order valence-electron chi connectivity index (χ2n) is 7.65. The van der Waals surface area contributed by atoms with Gasteiger partial charge >= 0.3 is 11.9 Å². The Kier molecular flexibility index (Phi) is 8.07. The average molecular weight is 406 g/mol. The Labute approximate surface area is 162 Å². The highest BCUT2D eigenvalue weighted by atomic mass is 32.2. The van der Waals surface area contributed by atoms with Gasteiger partial charge in [0, 0.05) is 0 Å². The topological polar surface area (TPSA) is 64.6 Å². The van der Waals surface area contributed by atoms with Gasteiger partial charge in [-0.05, 0) is 47.1 Å². The number of benzene rings is 1. The van der Waals surface area contributed by atoms with E-state index in [0.29, 0.717) is 0 Å². The fourth-order valence-electron chi connectivity index (χ4n) is 2.21. The summed E-state index contributed by atoms with van der Waals surface area (Å²) in [6, 6.07) is 7.20. The van der Waals surface area contributed by atoms with E-state index in [0.717, 1.165) is 5.56 Å². The molecule has 2 atom stereocenters. The van der Waals surface area contributed by atoms with Crippen molar-refractivity contribution in [3.8, 4) is 0 Å². The third-order valence-electron chi connectivity index (χ3n) is 3.84. The van der Waals surface area contributed by atoms with Gasteiger partial charge in [-0.1, -0.05) is 30.3 Å². The third-order valence-corrected chi connectivity index (χ3v) is 5.40. The Morgan fingerprint density at radius 3 is 2.19 bits per heavy atom. The molecule has 0 radical (unpaired) electrons. The van der Waals surface area contributed by atoms with Gasteiger partial charge in [-0.3, -0.25) is 0 Å². The molecule has 27 heavy (non-hydrogen) atoms. The summed E-state index contributed by atoms with van der Waals surface area (Å²) < 4.78 is 54.1. The van der Waals surface area contributed by atoms with Gasteiger partial charge < -0.3 is 9.47 Å². The second-order valence-corrected chi connectivity index (χ2v) is 9.65. The lowest BCUT2D eigenvalue weighted by Gasteiger charge is -2.39. The maximum Gasteiger partial charge on any atom is 0.378 e. The van der Waals surface area contributed by atoms with Crippen LogP contribution in [0.25, 0.3) is 0 Å². The summed E-state index contributed by atoms with van der Waals surface area (Å²) in [5, 5.41) is 0. The predicted molar refractivity (Wildman–Crippen MR) is 102 cm³/mol. The SMILES string of the molecule is CCOC(=O)C(F)(F)C(NS(=O)C(C)(C)C)C(C)(C)OCc1ccccc1. The number of carbonyl (C=O) groups excluding carboxylic acids is 1. The molecule has 0 aliphatic carbocycles. The lowest BCUT2D eigenvalue weighted by molar-refractivity contribution is -0.189. The molecular weight excluding hydrogens is 376 g/mol. The molecule has 0 saturated carbocycles. The number of nitrogens with one attached hydrogen (secondary N) is 1. The summed E-state index contributed by atoms with van der Waals surface area (Å²) in [4.78, 5) is 11.9. The first-order valence-corrected chi connectivity index (χ1v) is 9.88. The van der Waals surface area contributed by atoms with Gasteiger partial charge in [0.2, 0.25) is 0 Å². The molecular formula is C19H29F2NO4S. The molecule has 2 unspecified atom stereocenters. The van der Waals surface area contributed by atoms with Crippen LogP contribution in [0.5, 0.6) is 0 Å². The maximum absolute atomic E-state index is 14.9. The lowest BCUT2D eigenvalue weighted by atomic mass is 9.93. The van der Waals surface area contributed by atoms with E-state index >= 15 is 0 Å². The minimum atomic E-state index is -3.93. The number of carbonyl (C=O) groups is 1. The molecule has 0 fully saturated rings. The molecule has 154 valence electrons. The molecule has 0 aromatic heterocycles. The first kappa shape index (κ1) is 23.7. The Balaban J connectivity index is 3.13. The molecule has 1 aromatic rings. The molecule has 0 aliphatic rings. The molecule has 0 aliphatic heterocycles. The van der Waals surface area contributed by atoms with Crippen molar-refractivity contribution < 1.29 is 27.3 Å². The number of esters is 1. The van der Waals surface area contributed by atoms with E-state index in [4.69, 9.17) is 4.74 Å².